The molecule has 0 spiro atoms. The van der Waals surface area contributed by atoms with E-state index in [1.807, 2.05) is 13.8 Å². The van der Waals surface area contributed by atoms with Crippen molar-refractivity contribution in [3.05, 3.63) is 83.7 Å². The number of aromatic nitrogens is 3. The average molecular weight is 514 g/mol. The van der Waals surface area contributed by atoms with Crippen LogP contribution in [0.25, 0.3) is 17.1 Å². The molecule has 11 heteroatoms. The van der Waals surface area contributed by atoms with E-state index in [4.69, 9.17) is 9.47 Å². The Morgan fingerprint density at radius 3 is 2.38 bits per heavy atom. The zero-order chi connectivity index (χ0) is 26.7. The first-order valence-electron chi connectivity index (χ1n) is 11.1. The molecule has 0 saturated carbocycles. The highest BCUT2D eigenvalue weighted by Crippen LogP contribution is 2.36. The average Bonchev–Trinajstić information content (AvgIpc) is 3.26. The molecule has 0 aliphatic rings. The maximum atomic E-state index is 13.9. The molecule has 4 rings (SSSR count). The Bertz CT molecular complexity index is 1420. The van der Waals surface area contributed by atoms with Crippen LogP contribution in [0.4, 0.5) is 23.2 Å². The number of methoxy groups -OCH3 is 1. The first-order chi connectivity index (χ1) is 17.5. The van der Waals surface area contributed by atoms with Gasteiger partial charge in [-0.1, -0.05) is 12.1 Å². The van der Waals surface area contributed by atoms with Gasteiger partial charge in [0.25, 0.3) is 5.91 Å². The number of alkyl halides is 3. The van der Waals surface area contributed by atoms with Crippen molar-refractivity contribution < 1.29 is 31.8 Å². The Morgan fingerprint density at radius 1 is 1.03 bits per heavy atom. The molecular weight excluding hydrogens is 492 g/mol. The summed E-state index contributed by atoms with van der Waals surface area (Å²) in [5, 5.41) is 6.94. The van der Waals surface area contributed by atoms with Crippen LogP contribution < -0.4 is 14.8 Å². The lowest BCUT2D eigenvalue weighted by atomic mass is 10.1. The van der Waals surface area contributed by atoms with Crippen molar-refractivity contribution in [2.24, 2.45) is 0 Å². The molecule has 1 aromatic heterocycles. The summed E-state index contributed by atoms with van der Waals surface area (Å²) < 4.78 is 65.6. The minimum absolute atomic E-state index is 0.103. The molecule has 3 aromatic carbocycles. The molecule has 1 amide bonds. The van der Waals surface area contributed by atoms with Crippen LogP contribution in [-0.4, -0.2) is 33.9 Å². The van der Waals surface area contributed by atoms with E-state index in [0.717, 1.165) is 19.2 Å². The van der Waals surface area contributed by atoms with Gasteiger partial charge in [0.15, 0.2) is 5.82 Å². The van der Waals surface area contributed by atoms with Crippen molar-refractivity contribution in [1.82, 2.24) is 14.8 Å². The summed E-state index contributed by atoms with van der Waals surface area (Å²) in [5.74, 6) is -1.21. The van der Waals surface area contributed by atoms with E-state index >= 15 is 0 Å². The number of nitrogens with one attached hydrogen (secondary N) is 1. The summed E-state index contributed by atoms with van der Waals surface area (Å²) in [4.78, 5) is 17.0. The lowest BCUT2D eigenvalue weighted by Crippen LogP contribution is -2.15. The number of halogens is 4. The Kier molecular flexibility index (Phi) is 7.14. The number of anilines is 1. The smallest absolute Gasteiger partial charge is 0.419 e. The molecule has 1 heterocycles. The fourth-order valence-electron chi connectivity index (χ4n) is 3.51. The Hall–Kier alpha value is -4.41. The topological polar surface area (TPSA) is 78.3 Å². The zero-order valence-corrected chi connectivity index (χ0v) is 20.0. The minimum Gasteiger partial charge on any atom is -0.496 e. The fourth-order valence-corrected chi connectivity index (χ4v) is 3.51. The molecule has 0 bridgehead atoms. The van der Waals surface area contributed by atoms with Crippen LogP contribution in [0.3, 0.4) is 0 Å². The van der Waals surface area contributed by atoms with Crippen LogP contribution in [0, 0.1) is 5.82 Å². The predicted molar refractivity (Wildman–Crippen MR) is 128 cm³/mol. The van der Waals surface area contributed by atoms with Gasteiger partial charge in [-0.2, -0.15) is 18.2 Å². The number of carbonyl (C=O) groups is 1. The quantitative estimate of drug-likeness (QED) is 0.300. The van der Waals surface area contributed by atoms with Crippen molar-refractivity contribution in [1.29, 1.82) is 0 Å². The number of rotatable bonds is 7. The predicted octanol–water partition coefficient (Wildman–Crippen LogP) is 6.14. The third kappa shape index (κ3) is 5.88. The van der Waals surface area contributed by atoms with Crippen molar-refractivity contribution in [3.8, 4) is 28.8 Å². The fraction of sp³-hybridized carbons (Fsp3) is 0.192. The lowest BCUT2D eigenvalue weighted by Gasteiger charge is -2.13. The molecule has 192 valence electrons. The molecule has 0 saturated heterocycles. The highest BCUT2D eigenvalue weighted by atomic mass is 19.4. The summed E-state index contributed by atoms with van der Waals surface area (Å²) in [6, 6.07) is 15.4. The van der Waals surface area contributed by atoms with Crippen molar-refractivity contribution in [2.75, 3.05) is 12.4 Å². The third-order valence-corrected chi connectivity index (χ3v) is 5.15. The largest absolute Gasteiger partial charge is 0.496 e. The molecule has 0 atom stereocenters. The second-order valence-corrected chi connectivity index (χ2v) is 8.22. The van der Waals surface area contributed by atoms with Crippen molar-refractivity contribution in [2.45, 2.75) is 26.1 Å². The first kappa shape index (κ1) is 25.7. The van der Waals surface area contributed by atoms with Gasteiger partial charge >= 0.3 is 12.2 Å². The van der Waals surface area contributed by atoms with Crippen LogP contribution in [0.15, 0.2) is 66.7 Å². The van der Waals surface area contributed by atoms with E-state index in [9.17, 15) is 22.4 Å². The first-order valence-corrected chi connectivity index (χ1v) is 11.1. The molecule has 0 unspecified atom stereocenters. The van der Waals surface area contributed by atoms with E-state index in [1.165, 1.54) is 22.9 Å². The van der Waals surface area contributed by atoms with Gasteiger partial charge in [-0.3, -0.25) is 4.79 Å². The monoisotopic (exact) mass is 514 g/mol. The molecular formula is C26H22F4N4O3. The van der Waals surface area contributed by atoms with Crippen molar-refractivity contribution in [3.63, 3.8) is 0 Å². The molecule has 0 aliphatic carbocycles. The van der Waals surface area contributed by atoms with Crippen LogP contribution in [0.5, 0.6) is 11.8 Å². The molecule has 1 N–H and O–H groups in total. The third-order valence-electron chi connectivity index (χ3n) is 5.15. The van der Waals surface area contributed by atoms with Gasteiger partial charge in [-0.25, -0.2) is 9.07 Å². The standard InChI is InChI=1S/C26H22F4N4O3/c1-15(2)37-25-32-23(16-5-4-6-18(27)13-16)34(33-25)20-10-8-19(9-11-20)31-24(35)17-7-12-22(36-3)21(14-17)26(28,29)30/h4-15H,1-3H3,(H,31,35). The maximum absolute atomic E-state index is 13.9. The van der Waals surface area contributed by atoms with Gasteiger partial charge in [0.2, 0.25) is 0 Å². The van der Waals surface area contributed by atoms with E-state index < -0.39 is 23.5 Å². The molecule has 0 aliphatic heterocycles. The summed E-state index contributed by atoms with van der Waals surface area (Å²) >= 11 is 0. The van der Waals surface area contributed by atoms with Gasteiger partial charge in [-0.15, -0.1) is 5.10 Å². The number of nitrogens with zero attached hydrogens (tertiary/aromatic N) is 3. The number of hydrogen-bond acceptors (Lipinski definition) is 5. The van der Waals surface area contributed by atoms with E-state index in [0.29, 0.717) is 22.8 Å². The maximum Gasteiger partial charge on any atom is 0.419 e. The van der Waals surface area contributed by atoms with Gasteiger partial charge < -0.3 is 14.8 Å². The number of hydrogen-bond donors (Lipinski definition) is 1. The van der Waals surface area contributed by atoms with Gasteiger partial charge in [0, 0.05) is 16.8 Å². The normalized spacial score (nSPS) is 11.5. The highest BCUT2D eigenvalue weighted by Gasteiger charge is 2.35. The SMILES string of the molecule is COc1ccc(C(=O)Nc2ccc(-n3nc(OC(C)C)nc3-c3cccc(F)c3)cc2)cc1C(F)(F)F. The van der Waals surface area contributed by atoms with Crippen LogP contribution in [-0.2, 0) is 6.18 Å². The van der Waals surface area contributed by atoms with E-state index in [-0.39, 0.29) is 23.4 Å². The molecule has 0 radical (unpaired) electrons. The van der Waals surface area contributed by atoms with Crippen molar-refractivity contribution >= 4 is 11.6 Å². The zero-order valence-electron chi connectivity index (χ0n) is 20.0. The van der Waals surface area contributed by atoms with Gasteiger partial charge in [-0.05, 0) is 68.4 Å². The number of carbonyl (C=O) groups excluding carboxylic acids is 1. The Labute approximate surface area is 209 Å². The van der Waals surface area contributed by atoms with Gasteiger partial charge in [0.05, 0.1) is 24.5 Å². The minimum atomic E-state index is -4.68. The molecule has 7 nitrogen and oxygen atoms in total. The second-order valence-electron chi connectivity index (χ2n) is 8.22. The molecule has 37 heavy (non-hydrogen) atoms. The number of benzene rings is 3. The van der Waals surface area contributed by atoms with E-state index in [2.05, 4.69) is 15.4 Å². The molecule has 4 aromatic rings. The van der Waals surface area contributed by atoms with Crippen LogP contribution in [0.1, 0.15) is 29.8 Å². The summed E-state index contributed by atoms with van der Waals surface area (Å²) in [6.45, 7) is 3.64. The van der Waals surface area contributed by atoms with Crippen LogP contribution >= 0.6 is 0 Å². The second kappa shape index (κ2) is 10.3. The summed E-state index contributed by atoms with van der Waals surface area (Å²) in [7, 11) is 1.12. The Morgan fingerprint density at radius 2 is 1.76 bits per heavy atom. The number of amides is 1. The lowest BCUT2D eigenvalue weighted by molar-refractivity contribution is -0.138. The molecule has 0 fully saturated rings. The van der Waals surface area contributed by atoms with Gasteiger partial charge in [0.1, 0.15) is 11.6 Å². The van der Waals surface area contributed by atoms with Crippen LogP contribution in [0.2, 0.25) is 0 Å². The summed E-state index contributed by atoms with van der Waals surface area (Å²) in [6.07, 6.45) is -4.87. The van der Waals surface area contributed by atoms with E-state index in [1.54, 1.807) is 36.4 Å². The summed E-state index contributed by atoms with van der Waals surface area (Å²) in [5.41, 5.74) is 0.116. The highest BCUT2D eigenvalue weighted by molar-refractivity contribution is 6.04. The Balaban J connectivity index is 1.61. The number of ether oxygens (including phenoxy) is 2.